The van der Waals surface area contributed by atoms with E-state index >= 15 is 0 Å². The third-order valence-corrected chi connectivity index (χ3v) is 2.65. The second kappa shape index (κ2) is 4.78. The zero-order valence-corrected chi connectivity index (χ0v) is 10.5. The fourth-order valence-electron chi connectivity index (χ4n) is 2.10. The van der Waals surface area contributed by atoms with Crippen molar-refractivity contribution in [2.45, 2.75) is 12.6 Å². The molecule has 4 heteroatoms. The van der Waals surface area contributed by atoms with Gasteiger partial charge in [-0.15, -0.1) is 18.2 Å². The van der Waals surface area contributed by atoms with Crippen molar-refractivity contribution in [2.24, 2.45) is 0 Å². The molecule has 1 atom stereocenters. The first kappa shape index (κ1) is 12.2. The van der Waals surface area contributed by atoms with Gasteiger partial charge in [0.1, 0.15) is 0 Å². The van der Waals surface area contributed by atoms with E-state index < -0.39 is 0 Å². The molecule has 1 fully saturated rings. The van der Waals surface area contributed by atoms with Crippen LogP contribution in [0.5, 0.6) is 0 Å². The fourth-order valence-corrected chi connectivity index (χ4v) is 2.10. The van der Waals surface area contributed by atoms with E-state index in [1.807, 2.05) is 6.07 Å². The number of anilines is 1. The van der Waals surface area contributed by atoms with Crippen LogP contribution in [-0.2, 0) is 43.5 Å². The van der Waals surface area contributed by atoms with Crippen LogP contribution < -0.4 is 4.90 Å². The first-order valence-electron chi connectivity index (χ1n) is 4.38. The third kappa shape index (κ3) is 1.78. The van der Waals surface area contributed by atoms with E-state index in [1.165, 1.54) is 11.3 Å². The van der Waals surface area contributed by atoms with Gasteiger partial charge in [-0.1, -0.05) is 11.9 Å². The predicted octanol–water partition coefficient (Wildman–Crippen LogP) is 1.56. The summed E-state index contributed by atoms with van der Waals surface area (Å²) in [6, 6.07) is 9.49. The summed E-state index contributed by atoms with van der Waals surface area (Å²) in [6.45, 7) is 2.09. The molecule has 0 aromatic heterocycles. The van der Waals surface area contributed by atoms with Crippen LogP contribution in [0.15, 0.2) is 18.2 Å². The number of hydrogen-bond acceptors (Lipinski definition) is 1. The Morgan fingerprint density at radius 3 is 3.14 bits per heavy atom. The molecular formula is C10H10N2V2-2. The molecule has 1 saturated heterocycles. The predicted molar refractivity (Wildman–Crippen MR) is 48.3 cm³/mol. The van der Waals surface area contributed by atoms with E-state index in [2.05, 4.69) is 28.4 Å². The van der Waals surface area contributed by atoms with Gasteiger partial charge in [-0.3, -0.25) is 0 Å². The average molecular weight is 260 g/mol. The van der Waals surface area contributed by atoms with Crippen LogP contribution in [0.25, 0.3) is 5.32 Å². The van der Waals surface area contributed by atoms with Gasteiger partial charge in [-0.2, -0.15) is 18.2 Å². The second-order valence-corrected chi connectivity index (χ2v) is 3.32. The summed E-state index contributed by atoms with van der Waals surface area (Å²) in [5, 5.41) is 4.52. The summed E-state index contributed by atoms with van der Waals surface area (Å²) in [5.41, 5.74) is 2.69. The molecule has 72 valence electrons. The first-order valence-corrected chi connectivity index (χ1v) is 4.38. The summed E-state index contributed by atoms with van der Waals surface area (Å²) in [5.74, 6) is 0. The first-order chi connectivity index (χ1) is 5.95. The van der Waals surface area contributed by atoms with Crippen LogP contribution in [0, 0.1) is 6.07 Å². The Balaban J connectivity index is 0.000000490. The van der Waals surface area contributed by atoms with E-state index in [0.29, 0.717) is 6.17 Å². The van der Waals surface area contributed by atoms with Crippen molar-refractivity contribution in [3.63, 3.8) is 0 Å². The molecule has 0 aliphatic carbocycles. The smallest absolute Gasteiger partial charge is 0 e. The zero-order chi connectivity index (χ0) is 7.97. The monoisotopic (exact) mass is 260 g/mol. The topological polar surface area (TPSA) is 17.3 Å². The van der Waals surface area contributed by atoms with Gasteiger partial charge in [0.2, 0.25) is 0 Å². The minimum Gasteiger partial charge on any atom is -0.642 e. The van der Waals surface area contributed by atoms with Crippen molar-refractivity contribution in [2.75, 3.05) is 18.0 Å². The van der Waals surface area contributed by atoms with Gasteiger partial charge in [-0.05, 0) is 13.0 Å². The Morgan fingerprint density at radius 2 is 2.29 bits per heavy atom. The van der Waals surface area contributed by atoms with Crippen molar-refractivity contribution in [3.8, 4) is 0 Å². The SMILES string of the molecule is [V].[V].[c-]1cccc2c1CC1[N-]CCN21. The third-order valence-electron chi connectivity index (χ3n) is 2.65. The number of nitrogens with zero attached hydrogens (tertiary/aromatic N) is 2. The molecule has 0 spiro atoms. The van der Waals surface area contributed by atoms with Crippen LogP contribution in [0.3, 0.4) is 0 Å². The largest absolute Gasteiger partial charge is 0.642 e. The standard InChI is InChI=1S/C10H10N2.2V/c1-2-4-9-8(3-1)7-10-11-5-6-12(9)10;;/h1-2,4,10H,5-7H2;;/q-2;;. The normalized spacial score (nSPS) is 22.0. The summed E-state index contributed by atoms with van der Waals surface area (Å²) >= 11 is 0. The number of rotatable bonds is 0. The molecule has 2 aliphatic heterocycles. The van der Waals surface area contributed by atoms with Crippen molar-refractivity contribution in [1.82, 2.24) is 0 Å². The van der Waals surface area contributed by atoms with E-state index in [1.54, 1.807) is 0 Å². The Labute approximate surface area is 108 Å². The summed E-state index contributed by atoms with van der Waals surface area (Å²) in [7, 11) is 0. The summed E-state index contributed by atoms with van der Waals surface area (Å²) in [4.78, 5) is 2.38. The number of fused-ring (bicyclic) bond motifs is 3. The van der Waals surface area contributed by atoms with Crippen molar-refractivity contribution in [1.29, 1.82) is 0 Å². The Bertz CT molecular complexity index is 317. The summed E-state index contributed by atoms with van der Waals surface area (Å²) < 4.78 is 0. The quantitative estimate of drug-likeness (QED) is 0.647. The maximum atomic E-state index is 4.52. The van der Waals surface area contributed by atoms with Crippen LogP contribution in [0.4, 0.5) is 5.69 Å². The molecule has 0 saturated carbocycles. The average Bonchev–Trinajstić information content (AvgIpc) is 2.62. The van der Waals surface area contributed by atoms with Gasteiger partial charge in [0.05, 0.1) is 0 Å². The maximum absolute atomic E-state index is 4.52. The van der Waals surface area contributed by atoms with Gasteiger partial charge in [-0.25, -0.2) is 0 Å². The van der Waals surface area contributed by atoms with Crippen LogP contribution in [0.1, 0.15) is 5.56 Å². The zero-order valence-electron chi connectivity index (χ0n) is 7.72. The van der Waals surface area contributed by atoms with Crippen LogP contribution in [-0.4, -0.2) is 19.3 Å². The molecule has 0 amide bonds. The number of hydrogen-bond donors (Lipinski definition) is 0. The molecular weight excluding hydrogens is 250 g/mol. The van der Waals surface area contributed by atoms with Gasteiger partial charge < -0.3 is 10.2 Å². The molecule has 1 aromatic rings. The van der Waals surface area contributed by atoms with Gasteiger partial charge in [0.15, 0.2) is 0 Å². The van der Waals surface area contributed by atoms with Gasteiger partial charge in [0.25, 0.3) is 0 Å². The molecule has 1 aromatic carbocycles. The molecule has 14 heavy (non-hydrogen) atoms. The molecule has 0 bridgehead atoms. The van der Waals surface area contributed by atoms with E-state index in [4.69, 9.17) is 0 Å². The Hall–Kier alpha value is 0.149. The van der Waals surface area contributed by atoms with Crippen molar-refractivity contribution >= 4 is 5.69 Å². The van der Waals surface area contributed by atoms with Gasteiger partial charge >= 0.3 is 0 Å². The second-order valence-electron chi connectivity index (χ2n) is 3.32. The van der Waals surface area contributed by atoms with E-state index in [9.17, 15) is 0 Å². The van der Waals surface area contributed by atoms with Crippen molar-refractivity contribution < 1.29 is 37.1 Å². The Kier molecular flexibility index (Phi) is 4.17. The number of benzene rings is 1. The minimum atomic E-state index is 0. The molecule has 2 heterocycles. The van der Waals surface area contributed by atoms with Crippen LogP contribution >= 0.6 is 0 Å². The van der Waals surface area contributed by atoms with Crippen LogP contribution in [0.2, 0.25) is 0 Å². The Morgan fingerprint density at radius 1 is 1.43 bits per heavy atom. The molecule has 2 radical (unpaired) electrons. The molecule has 1 unspecified atom stereocenters. The summed E-state index contributed by atoms with van der Waals surface area (Å²) in [6.07, 6.45) is 1.49. The van der Waals surface area contributed by atoms with E-state index in [0.717, 1.165) is 19.5 Å². The molecule has 3 rings (SSSR count). The van der Waals surface area contributed by atoms with Gasteiger partial charge in [0, 0.05) is 37.1 Å². The minimum absolute atomic E-state index is 0. The fraction of sp³-hybridized carbons (Fsp3) is 0.400. The van der Waals surface area contributed by atoms with E-state index in [-0.39, 0.29) is 37.1 Å². The van der Waals surface area contributed by atoms with Crippen molar-refractivity contribution in [3.05, 3.63) is 35.1 Å². The molecule has 2 aliphatic rings. The molecule has 2 nitrogen and oxygen atoms in total. The molecule has 0 N–H and O–H groups in total. The maximum Gasteiger partial charge on any atom is 0 e.